The molecule has 2 rings (SSSR count). The fraction of sp³-hybridized carbons (Fsp3) is 0.154. The maximum Gasteiger partial charge on any atom is 0.151 e. The van der Waals surface area contributed by atoms with Crippen molar-refractivity contribution < 1.29 is 0 Å². The Balaban J connectivity index is 2.35. The highest BCUT2D eigenvalue weighted by atomic mass is 79.9. The van der Waals surface area contributed by atoms with Gasteiger partial charge in [-0.25, -0.2) is 4.98 Å². The minimum Gasteiger partial charge on any atom is -0.369 e. The highest BCUT2D eigenvalue weighted by molar-refractivity contribution is 9.10. The molecule has 1 heterocycles. The van der Waals surface area contributed by atoms with Crippen molar-refractivity contribution in [1.29, 1.82) is 0 Å². The molecule has 0 amide bonds. The maximum atomic E-state index is 6.16. The van der Waals surface area contributed by atoms with Crippen LogP contribution in [0.4, 0.5) is 17.3 Å². The summed E-state index contributed by atoms with van der Waals surface area (Å²) in [5, 5.41) is 7.64. The van der Waals surface area contributed by atoms with Gasteiger partial charge in [0.1, 0.15) is 5.82 Å². The number of hydrogen-bond acceptors (Lipinski definition) is 3. The van der Waals surface area contributed by atoms with Gasteiger partial charge in [0.05, 0.1) is 20.8 Å². The van der Waals surface area contributed by atoms with Crippen LogP contribution in [0.1, 0.15) is 6.92 Å². The van der Waals surface area contributed by atoms with E-state index in [1.165, 1.54) is 0 Å². The molecule has 0 atom stereocenters. The van der Waals surface area contributed by atoms with Crippen LogP contribution in [0.2, 0.25) is 15.1 Å². The van der Waals surface area contributed by atoms with Crippen LogP contribution in [0.25, 0.3) is 0 Å². The van der Waals surface area contributed by atoms with Gasteiger partial charge in [-0.3, -0.25) is 0 Å². The van der Waals surface area contributed by atoms with E-state index in [-0.39, 0.29) is 0 Å². The van der Waals surface area contributed by atoms with Crippen LogP contribution in [-0.2, 0) is 0 Å². The van der Waals surface area contributed by atoms with Gasteiger partial charge in [-0.15, -0.1) is 0 Å². The molecule has 0 bridgehead atoms. The second kappa shape index (κ2) is 6.85. The highest BCUT2D eigenvalue weighted by Crippen LogP contribution is 2.33. The first-order valence-electron chi connectivity index (χ1n) is 5.83. The standard InChI is InChI=1S/C13H11BrCl3N3/c1-2-18-12-9(16)6-10(17)13(20-12)19-11-4-3-7(14)5-8(11)15/h3-6H,2H2,1H3,(H2,18,19,20). The van der Waals surface area contributed by atoms with E-state index >= 15 is 0 Å². The van der Waals surface area contributed by atoms with E-state index in [0.29, 0.717) is 38.9 Å². The molecule has 0 aliphatic carbocycles. The number of nitrogens with zero attached hydrogens (tertiary/aromatic N) is 1. The lowest BCUT2D eigenvalue weighted by molar-refractivity contribution is 1.16. The number of nitrogens with one attached hydrogen (secondary N) is 2. The molecule has 7 heteroatoms. The first kappa shape index (κ1) is 15.7. The van der Waals surface area contributed by atoms with E-state index in [1.807, 2.05) is 19.1 Å². The zero-order valence-corrected chi connectivity index (χ0v) is 14.3. The summed E-state index contributed by atoms with van der Waals surface area (Å²) in [6.45, 7) is 2.68. The van der Waals surface area contributed by atoms with Crippen molar-refractivity contribution in [2.75, 3.05) is 17.2 Å². The van der Waals surface area contributed by atoms with Crippen molar-refractivity contribution in [2.24, 2.45) is 0 Å². The molecule has 0 saturated heterocycles. The number of halogens is 4. The monoisotopic (exact) mass is 393 g/mol. The Morgan fingerprint density at radius 3 is 2.40 bits per heavy atom. The van der Waals surface area contributed by atoms with E-state index in [2.05, 4.69) is 31.5 Å². The molecule has 1 aromatic carbocycles. The zero-order valence-electron chi connectivity index (χ0n) is 10.5. The molecule has 106 valence electrons. The van der Waals surface area contributed by atoms with Crippen LogP contribution in [0.5, 0.6) is 0 Å². The predicted octanol–water partition coefficient (Wildman–Crippen LogP) is 5.98. The molecule has 0 aliphatic rings. The first-order chi connectivity index (χ1) is 9.51. The quantitative estimate of drug-likeness (QED) is 0.669. The average molecular weight is 396 g/mol. The molecule has 0 spiro atoms. The summed E-state index contributed by atoms with van der Waals surface area (Å²) in [6, 6.07) is 7.15. The Hall–Kier alpha value is -0.680. The summed E-state index contributed by atoms with van der Waals surface area (Å²) >= 11 is 21.7. The third-order valence-corrected chi connectivity index (χ3v) is 3.84. The Kier molecular flexibility index (Phi) is 5.38. The van der Waals surface area contributed by atoms with Crippen LogP contribution < -0.4 is 10.6 Å². The van der Waals surface area contributed by atoms with Gasteiger partial charge >= 0.3 is 0 Å². The Bertz CT molecular complexity index is 634. The smallest absolute Gasteiger partial charge is 0.151 e. The fourth-order valence-corrected chi connectivity index (χ4v) is 2.76. The highest BCUT2D eigenvalue weighted by Gasteiger charge is 2.10. The van der Waals surface area contributed by atoms with Crippen molar-refractivity contribution in [1.82, 2.24) is 4.98 Å². The molecule has 0 fully saturated rings. The molecule has 2 N–H and O–H groups in total. The molecule has 0 saturated carbocycles. The van der Waals surface area contributed by atoms with Gasteiger partial charge in [-0.05, 0) is 31.2 Å². The Morgan fingerprint density at radius 1 is 1.05 bits per heavy atom. The van der Waals surface area contributed by atoms with Crippen molar-refractivity contribution in [3.05, 3.63) is 43.8 Å². The van der Waals surface area contributed by atoms with Gasteiger partial charge in [0.15, 0.2) is 5.82 Å². The Morgan fingerprint density at radius 2 is 1.75 bits per heavy atom. The van der Waals surface area contributed by atoms with E-state index in [1.54, 1.807) is 12.1 Å². The topological polar surface area (TPSA) is 37.0 Å². The Labute approximate surface area is 140 Å². The van der Waals surface area contributed by atoms with Crippen molar-refractivity contribution >= 4 is 68.1 Å². The SMILES string of the molecule is CCNc1nc(Nc2ccc(Br)cc2Cl)c(Cl)cc1Cl. The second-order valence-electron chi connectivity index (χ2n) is 3.93. The number of rotatable bonds is 4. The molecular formula is C13H11BrCl3N3. The van der Waals surface area contributed by atoms with Gasteiger partial charge in [0.2, 0.25) is 0 Å². The van der Waals surface area contributed by atoms with Crippen molar-refractivity contribution in [3.8, 4) is 0 Å². The predicted molar refractivity (Wildman–Crippen MR) is 90.9 cm³/mol. The van der Waals surface area contributed by atoms with E-state index < -0.39 is 0 Å². The van der Waals surface area contributed by atoms with E-state index in [4.69, 9.17) is 34.8 Å². The molecule has 3 nitrogen and oxygen atoms in total. The number of benzene rings is 1. The summed E-state index contributed by atoms with van der Waals surface area (Å²) in [5.74, 6) is 1.07. The van der Waals surface area contributed by atoms with Gasteiger partial charge in [-0.1, -0.05) is 50.7 Å². The summed E-state index contributed by atoms with van der Waals surface area (Å²) in [5.41, 5.74) is 0.717. The molecule has 2 aromatic rings. The van der Waals surface area contributed by atoms with Gasteiger partial charge < -0.3 is 10.6 Å². The summed E-state index contributed by atoms with van der Waals surface area (Å²) in [6.07, 6.45) is 0. The van der Waals surface area contributed by atoms with Crippen LogP contribution in [0.15, 0.2) is 28.7 Å². The lowest BCUT2D eigenvalue weighted by Gasteiger charge is -2.12. The van der Waals surface area contributed by atoms with Crippen LogP contribution in [0, 0.1) is 0 Å². The third kappa shape index (κ3) is 3.70. The summed E-state index contributed by atoms with van der Waals surface area (Å²) in [4.78, 5) is 4.36. The maximum absolute atomic E-state index is 6.16. The lowest BCUT2D eigenvalue weighted by Crippen LogP contribution is -2.03. The molecule has 0 unspecified atom stereocenters. The normalized spacial score (nSPS) is 10.4. The minimum atomic E-state index is 0.427. The molecule has 20 heavy (non-hydrogen) atoms. The largest absolute Gasteiger partial charge is 0.369 e. The minimum absolute atomic E-state index is 0.427. The molecule has 0 radical (unpaired) electrons. The number of anilines is 3. The average Bonchev–Trinajstić information content (AvgIpc) is 2.38. The number of hydrogen-bond donors (Lipinski definition) is 2. The van der Waals surface area contributed by atoms with E-state index in [0.717, 1.165) is 4.47 Å². The molecule has 0 aliphatic heterocycles. The van der Waals surface area contributed by atoms with E-state index in [9.17, 15) is 0 Å². The third-order valence-electron chi connectivity index (χ3n) is 2.46. The van der Waals surface area contributed by atoms with Crippen LogP contribution >= 0.6 is 50.7 Å². The number of aromatic nitrogens is 1. The lowest BCUT2D eigenvalue weighted by atomic mass is 10.3. The molecular weight excluding hydrogens is 384 g/mol. The van der Waals surface area contributed by atoms with Crippen LogP contribution in [-0.4, -0.2) is 11.5 Å². The number of pyridine rings is 1. The van der Waals surface area contributed by atoms with Gasteiger partial charge in [-0.2, -0.15) is 0 Å². The van der Waals surface area contributed by atoms with Crippen molar-refractivity contribution in [3.63, 3.8) is 0 Å². The van der Waals surface area contributed by atoms with Crippen LogP contribution in [0.3, 0.4) is 0 Å². The first-order valence-corrected chi connectivity index (χ1v) is 7.76. The van der Waals surface area contributed by atoms with Crippen molar-refractivity contribution in [2.45, 2.75) is 6.92 Å². The fourth-order valence-electron chi connectivity index (χ4n) is 1.56. The van der Waals surface area contributed by atoms with Gasteiger partial charge in [0.25, 0.3) is 0 Å². The zero-order chi connectivity index (χ0) is 14.7. The molecule has 1 aromatic heterocycles. The summed E-state index contributed by atoms with van der Waals surface area (Å²) < 4.78 is 0.900. The second-order valence-corrected chi connectivity index (χ2v) is 6.07. The summed E-state index contributed by atoms with van der Waals surface area (Å²) in [7, 11) is 0. The van der Waals surface area contributed by atoms with Gasteiger partial charge in [0, 0.05) is 11.0 Å².